The molecule has 0 aromatic heterocycles. The van der Waals surface area contributed by atoms with Gasteiger partial charge in [-0.05, 0) is 24.0 Å². The third-order valence-electron chi connectivity index (χ3n) is 2.82. The molecule has 1 aromatic rings. The molecule has 3 nitrogen and oxygen atoms in total. The summed E-state index contributed by atoms with van der Waals surface area (Å²) in [4.78, 5) is 11.8. The predicted molar refractivity (Wildman–Crippen MR) is 70.5 cm³/mol. The van der Waals surface area contributed by atoms with E-state index in [9.17, 15) is 4.79 Å². The van der Waals surface area contributed by atoms with E-state index in [1.807, 2.05) is 18.2 Å². The van der Waals surface area contributed by atoms with Gasteiger partial charge in [0.25, 0.3) is 5.91 Å². The normalized spacial score (nSPS) is 11.2. The van der Waals surface area contributed by atoms with Crippen LogP contribution in [-0.2, 0) is 0 Å². The lowest BCUT2D eigenvalue weighted by molar-refractivity contribution is 0.0911. The zero-order valence-corrected chi connectivity index (χ0v) is 11.0. The maximum absolute atomic E-state index is 11.8. The summed E-state index contributed by atoms with van der Waals surface area (Å²) in [5.74, 6) is 0.869. The van der Waals surface area contributed by atoms with Gasteiger partial charge in [0.2, 0.25) is 0 Å². The first-order valence-corrected chi connectivity index (χ1v) is 6.13. The second-order valence-electron chi connectivity index (χ2n) is 4.98. The second kappa shape index (κ2) is 6.40. The molecule has 1 amide bonds. The average molecular weight is 234 g/mol. The first-order chi connectivity index (χ1) is 8.02. The second-order valence-corrected chi connectivity index (χ2v) is 4.98. The van der Waals surface area contributed by atoms with Crippen LogP contribution in [0.5, 0.6) is 0 Å². The van der Waals surface area contributed by atoms with Gasteiger partial charge >= 0.3 is 0 Å². The van der Waals surface area contributed by atoms with Crippen LogP contribution in [0.4, 0.5) is 0 Å². The van der Waals surface area contributed by atoms with Crippen molar-refractivity contribution in [3.8, 4) is 0 Å². The maximum Gasteiger partial charge on any atom is 0.265 e. The van der Waals surface area contributed by atoms with Crippen LogP contribution in [0.2, 0.25) is 0 Å². The molecule has 2 N–H and O–H groups in total. The van der Waals surface area contributed by atoms with E-state index in [-0.39, 0.29) is 11.9 Å². The van der Waals surface area contributed by atoms with Crippen LogP contribution in [0.25, 0.3) is 0 Å². The summed E-state index contributed by atoms with van der Waals surface area (Å²) in [5, 5.41) is 0. The summed E-state index contributed by atoms with van der Waals surface area (Å²) < 4.78 is 0. The van der Waals surface area contributed by atoms with Gasteiger partial charge < -0.3 is 0 Å². The van der Waals surface area contributed by atoms with Crippen molar-refractivity contribution in [2.45, 2.75) is 33.7 Å². The molecular formula is C14H22N2O. The summed E-state index contributed by atoms with van der Waals surface area (Å²) >= 11 is 0. The van der Waals surface area contributed by atoms with Crippen molar-refractivity contribution < 1.29 is 4.79 Å². The highest BCUT2D eigenvalue weighted by Crippen LogP contribution is 2.10. The highest BCUT2D eigenvalue weighted by Gasteiger charge is 2.17. The summed E-state index contributed by atoms with van der Waals surface area (Å²) in [5.41, 5.74) is 6.56. The number of amides is 1. The van der Waals surface area contributed by atoms with Crippen LogP contribution in [0.1, 0.15) is 38.1 Å². The third-order valence-corrected chi connectivity index (χ3v) is 2.82. The number of hydrazine groups is 1. The number of nitrogens with one attached hydrogen (secondary N) is 2. The minimum absolute atomic E-state index is 0.0862. The molecule has 0 unspecified atom stereocenters. The summed E-state index contributed by atoms with van der Waals surface area (Å²) in [6, 6.07) is 9.50. The first-order valence-electron chi connectivity index (χ1n) is 6.13. The first kappa shape index (κ1) is 13.7. The van der Waals surface area contributed by atoms with Crippen LogP contribution >= 0.6 is 0 Å². The average Bonchev–Trinajstić information content (AvgIpc) is 2.29. The number of hydrogen-bond donors (Lipinski definition) is 2. The number of rotatable bonds is 5. The zero-order chi connectivity index (χ0) is 12.8. The van der Waals surface area contributed by atoms with Crippen molar-refractivity contribution in [1.82, 2.24) is 10.9 Å². The molecule has 0 radical (unpaired) electrons. The lowest BCUT2D eigenvalue weighted by atomic mass is 9.94. The smallest absolute Gasteiger partial charge is 0.265 e. The third kappa shape index (κ3) is 4.19. The van der Waals surface area contributed by atoms with Crippen LogP contribution in [0.3, 0.4) is 0 Å². The van der Waals surface area contributed by atoms with Gasteiger partial charge in [0.1, 0.15) is 0 Å². The number of carbonyl (C=O) groups is 1. The zero-order valence-electron chi connectivity index (χ0n) is 11.0. The Bertz CT molecular complexity index is 338. The van der Waals surface area contributed by atoms with E-state index in [4.69, 9.17) is 0 Å². The molecule has 1 aromatic carbocycles. The number of benzene rings is 1. The van der Waals surface area contributed by atoms with E-state index in [0.717, 1.165) is 0 Å². The maximum atomic E-state index is 11.8. The van der Waals surface area contributed by atoms with E-state index >= 15 is 0 Å². The Hall–Kier alpha value is -1.35. The quantitative estimate of drug-likeness (QED) is 0.769. The minimum Gasteiger partial charge on any atom is -0.287 e. The highest BCUT2D eigenvalue weighted by molar-refractivity contribution is 5.93. The molecule has 0 atom stereocenters. The lowest BCUT2D eigenvalue weighted by Gasteiger charge is -2.26. The molecule has 0 heterocycles. The van der Waals surface area contributed by atoms with Gasteiger partial charge in [-0.2, -0.15) is 0 Å². The molecule has 0 aliphatic rings. The van der Waals surface area contributed by atoms with Gasteiger partial charge in [-0.1, -0.05) is 45.9 Å². The van der Waals surface area contributed by atoms with Crippen molar-refractivity contribution in [3.05, 3.63) is 35.9 Å². The van der Waals surface area contributed by atoms with Crippen LogP contribution in [0.15, 0.2) is 30.3 Å². The fourth-order valence-corrected chi connectivity index (χ4v) is 1.91. The molecule has 0 aliphatic heterocycles. The predicted octanol–water partition coefficient (Wildman–Crippen LogP) is 2.60. The number of hydrogen-bond acceptors (Lipinski definition) is 2. The van der Waals surface area contributed by atoms with Gasteiger partial charge in [0, 0.05) is 11.6 Å². The van der Waals surface area contributed by atoms with E-state index in [0.29, 0.717) is 17.4 Å². The van der Waals surface area contributed by atoms with Crippen molar-refractivity contribution in [3.63, 3.8) is 0 Å². The molecule has 94 valence electrons. The van der Waals surface area contributed by atoms with Gasteiger partial charge in [0.15, 0.2) is 0 Å². The lowest BCUT2D eigenvalue weighted by Crippen LogP contribution is -2.49. The fourth-order valence-electron chi connectivity index (χ4n) is 1.91. The Labute approximate surface area is 104 Å². The minimum atomic E-state index is -0.0862. The Morgan fingerprint density at radius 2 is 1.53 bits per heavy atom. The molecule has 0 bridgehead atoms. The van der Waals surface area contributed by atoms with E-state index < -0.39 is 0 Å². The van der Waals surface area contributed by atoms with Crippen molar-refractivity contribution in [2.24, 2.45) is 11.8 Å². The van der Waals surface area contributed by atoms with E-state index in [2.05, 4.69) is 38.5 Å². The topological polar surface area (TPSA) is 41.1 Å². The van der Waals surface area contributed by atoms with Gasteiger partial charge in [-0.15, -0.1) is 0 Å². The van der Waals surface area contributed by atoms with Crippen molar-refractivity contribution >= 4 is 5.91 Å². The van der Waals surface area contributed by atoms with Gasteiger partial charge in [0.05, 0.1) is 0 Å². The molecule has 0 spiro atoms. The van der Waals surface area contributed by atoms with Crippen molar-refractivity contribution in [1.29, 1.82) is 0 Å². The molecule has 0 aliphatic carbocycles. The Kier molecular flexibility index (Phi) is 5.16. The summed E-state index contributed by atoms with van der Waals surface area (Å²) in [7, 11) is 0. The van der Waals surface area contributed by atoms with E-state index in [1.165, 1.54) is 0 Å². The van der Waals surface area contributed by atoms with E-state index in [1.54, 1.807) is 12.1 Å². The Morgan fingerprint density at radius 1 is 1.00 bits per heavy atom. The molecule has 0 saturated carbocycles. The van der Waals surface area contributed by atoms with Gasteiger partial charge in [-0.25, -0.2) is 5.43 Å². The van der Waals surface area contributed by atoms with Crippen LogP contribution < -0.4 is 10.9 Å². The molecule has 3 heteroatoms. The monoisotopic (exact) mass is 234 g/mol. The molecule has 0 fully saturated rings. The molecular weight excluding hydrogens is 212 g/mol. The van der Waals surface area contributed by atoms with Crippen LogP contribution in [-0.4, -0.2) is 11.9 Å². The molecule has 17 heavy (non-hydrogen) atoms. The van der Waals surface area contributed by atoms with Crippen LogP contribution in [0, 0.1) is 11.8 Å². The standard InChI is InChI=1S/C14H22N2O/c1-10(2)13(11(3)4)15-16-14(17)12-8-6-5-7-9-12/h5-11,13,15H,1-4H3,(H,16,17). The largest absolute Gasteiger partial charge is 0.287 e. The highest BCUT2D eigenvalue weighted by atomic mass is 16.2. The SMILES string of the molecule is CC(C)C(NNC(=O)c1ccccc1)C(C)C. The molecule has 1 rings (SSSR count). The fraction of sp³-hybridized carbons (Fsp3) is 0.500. The summed E-state index contributed by atoms with van der Waals surface area (Å²) in [6.45, 7) is 8.58. The van der Waals surface area contributed by atoms with Crippen molar-refractivity contribution in [2.75, 3.05) is 0 Å². The Balaban J connectivity index is 2.53. The summed E-state index contributed by atoms with van der Waals surface area (Å²) in [6.07, 6.45) is 0. The Morgan fingerprint density at radius 3 is 2.00 bits per heavy atom. The number of carbonyl (C=O) groups excluding carboxylic acids is 1. The molecule has 0 saturated heterocycles. The van der Waals surface area contributed by atoms with Gasteiger partial charge in [-0.3, -0.25) is 10.2 Å².